The van der Waals surface area contributed by atoms with Gasteiger partial charge < -0.3 is 9.72 Å². The van der Waals surface area contributed by atoms with Crippen LogP contribution in [-0.4, -0.2) is 10.8 Å². The van der Waals surface area contributed by atoms with Crippen molar-refractivity contribution < 1.29 is 9.53 Å². The molecule has 2 aliphatic rings. The van der Waals surface area contributed by atoms with Gasteiger partial charge in [0.15, 0.2) is 0 Å². The molecular formula is C23H21NO2. The summed E-state index contributed by atoms with van der Waals surface area (Å²) in [7, 11) is 0. The number of rotatable bonds is 3. The molecule has 26 heavy (non-hydrogen) atoms. The van der Waals surface area contributed by atoms with E-state index in [-0.39, 0.29) is 5.92 Å². The molecule has 1 aromatic heterocycles. The van der Waals surface area contributed by atoms with Crippen LogP contribution in [0.25, 0.3) is 10.9 Å². The minimum absolute atomic E-state index is 0.148. The molecule has 0 saturated heterocycles. The number of fused-ring (bicyclic) bond motifs is 5. The third-order valence-electron chi connectivity index (χ3n) is 5.73. The molecule has 3 nitrogen and oxygen atoms in total. The van der Waals surface area contributed by atoms with E-state index in [1.807, 2.05) is 24.3 Å². The van der Waals surface area contributed by atoms with Crippen molar-refractivity contribution in [1.82, 2.24) is 4.98 Å². The van der Waals surface area contributed by atoms with E-state index in [1.54, 1.807) is 0 Å². The highest BCUT2D eigenvalue weighted by Gasteiger charge is 2.37. The number of hydrogen-bond acceptors (Lipinski definition) is 2. The van der Waals surface area contributed by atoms with Crippen molar-refractivity contribution in [1.29, 1.82) is 0 Å². The second-order valence-electron chi connectivity index (χ2n) is 7.30. The van der Waals surface area contributed by atoms with Gasteiger partial charge in [0.1, 0.15) is 18.1 Å². The van der Waals surface area contributed by atoms with Crippen LogP contribution in [0.2, 0.25) is 0 Å². The minimum atomic E-state index is 0.148. The summed E-state index contributed by atoms with van der Waals surface area (Å²) in [6, 6.07) is 16.3. The number of aromatic nitrogens is 1. The Morgan fingerprint density at radius 1 is 1.00 bits per heavy atom. The lowest BCUT2D eigenvalue weighted by Gasteiger charge is -2.31. The zero-order chi connectivity index (χ0) is 17.5. The monoisotopic (exact) mass is 343 g/mol. The maximum absolute atomic E-state index is 12.6. The second kappa shape index (κ2) is 6.17. The number of aromatic amines is 1. The topological polar surface area (TPSA) is 42.1 Å². The Morgan fingerprint density at radius 2 is 1.81 bits per heavy atom. The Labute approximate surface area is 152 Å². The van der Waals surface area contributed by atoms with Gasteiger partial charge in [0, 0.05) is 34.9 Å². The Balaban J connectivity index is 1.49. The summed E-state index contributed by atoms with van der Waals surface area (Å²) in [6.07, 6.45) is 6.73. The number of carbonyl (C=O) groups excluding carboxylic acids is 1. The van der Waals surface area contributed by atoms with Crippen LogP contribution >= 0.6 is 0 Å². The molecular weight excluding hydrogens is 322 g/mol. The number of benzene rings is 2. The average Bonchev–Trinajstić information content (AvgIpc) is 3.05. The van der Waals surface area contributed by atoms with Gasteiger partial charge in [-0.1, -0.05) is 42.5 Å². The predicted molar refractivity (Wildman–Crippen MR) is 102 cm³/mol. The third kappa shape index (κ3) is 2.55. The molecule has 2 aliphatic carbocycles. The molecule has 0 saturated carbocycles. The maximum Gasteiger partial charge on any atom is 0.141 e. The number of Topliss-reactive ketones (excluding diaryl/α,β-unsaturated/α-hetero) is 1. The fraction of sp³-hybridized carbons (Fsp3) is 0.261. The summed E-state index contributed by atoms with van der Waals surface area (Å²) < 4.78 is 5.98. The molecule has 2 aromatic carbocycles. The van der Waals surface area contributed by atoms with E-state index < -0.39 is 0 Å². The molecule has 0 spiro atoms. The first kappa shape index (κ1) is 15.4. The molecule has 1 N–H and O–H groups in total. The highest BCUT2D eigenvalue weighted by molar-refractivity contribution is 5.95. The zero-order valence-corrected chi connectivity index (χ0v) is 14.6. The first-order chi connectivity index (χ1) is 12.8. The second-order valence-corrected chi connectivity index (χ2v) is 7.30. The van der Waals surface area contributed by atoms with Crippen molar-refractivity contribution >= 4 is 16.7 Å². The van der Waals surface area contributed by atoms with E-state index in [2.05, 4.69) is 41.4 Å². The molecule has 3 heteroatoms. The van der Waals surface area contributed by atoms with Crippen LogP contribution in [0, 0.1) is 5.92 Å². The lowest BCUT2D eigenvalue weighted by Crippen LogP contribution is -2.30. The SMILES string of the molecule is O=C1Cc2c([nH]c3ccc(OCc4ccccc4)cc23)[C@@H]2CC=CC[C@@H]12. The average molecular weight is 343 g/mol. The number of nitrogens with one attached hydrogen (secondary N) is 1. The number of carbonyl (C=O) groups is 1. The number of H-pyrrole nitrogens is 1. The van der Waals surface area contributed by atoms with Gasteiger partial charge in [-0.3, -0.25) is 4.79 Å². The van der Waals surface area contributed by atoms with Crippen molar-refractivity contribution in [2.45, 2.75) is 31.8 Å². The Morgan fingerprint density at radius 3 is 2.65 bits per heavy atom. The van der Waals surface area contributed by atoms with Crippen LogP contribution in [0.15, 0.2) is 60.7 Å². The molecule has 0 unspecified atom stereocenters. The normalized spacial score (nSPS) is 21.5. The number of hydrogen-bond donors (Lipinski definition) is 1. The van der Waals surface area contributed by atoms with Gasteiger partial charge in [0.05, 0.1) is 0 Å². The van der Waals surface area contributed by atoms with E-state index in [4.69, 9.17) is 4.74 Å². The molecule has 130 valence electrons. The van der Waals surface area contributed by atoms with E-state index in [1.165, 1.54) is 11.3 Å². The summed E-state index contributed by atoms with van der Waals surface area (Å²) in [4.78, 5) is 16.2. The minimum Gasteiger partial charge on any atom is -0.489 e. The van der Waals surface area contributed by atoms with Crippen molar-refractivity contribution in [3.05, 3.63) is 77.5 Å². The molecule has 2 atom stereocenters. The van der Waals surface area contributed by atoms with E-state index in [0.29, 0.717) is 24.7 Å². The highest BCUT2D eigenvalue weighted by atomic mass is 16.5. The van der Waals surface area contributed by atoms with Gasteiger partial charge in [-0.15, -0.1) is 0 Å². The van der Waals surface area contributed by atoms with Crippen molar-refractivity contribution in [3.8, 4) is 5.75 Å². The summed E-state index contributed by atoms with van der Waals surface area (Å²) in [5.41, 5.74) is 4.68. The highest BCUT2D eigenvalue weighted by Crippen LogP contribution is 2.43. The zero-order valence-electron chi connectivity index (χ0n) is 14.6. The third-order valence-corrected chi connectivity index (χ3v) is 5.73. The standard InChI is InChI=1S/C23H21NO2/c25-22-13-20-19-12-16(26-14-15-6-2-1-3-7-15)10-11-21(19)24-23(20)18-9-5-4-8-17(18)22/h1-7,10-12,17-18,24H,8-9,13-14H2/t17-,18-/m1/s1. The Kier molecular flexibility index (Phi) is 3.66. The van der Waals surface area contributed by atoms with E-state index in [0.717, 1.165) is 35.1 Å². The van der Waals surface area contributed by atoms with Crippen LogP contribution in [0.3, 0.4) is 0 Å². The molecule has 0 aliphatic heterocycles. The van der Waals surface area contributed by atoms with Crippen LogP contribution in [-0.2, 0) is 17.8 Å². The van der Waals surface area contributed by atoms with Crippen LogP contribution in [0.5, 0.6) is 5.75 Å². The number of allylic oxidation sites excluding steroid dienone is 2. The molecule has 0 radical (unpaired) electrons. The number of ketones is 1. The van der Waals surface area contributed by atoms with Crippen molar-refractivity contribution in [2.75, 3.05) is 0 Å². The summed E-state index contributed by atoms with van der Waals surface area (Å²) in [5, 5.41) is 1.13. The van der Waals surface area contributed by atoms with Gasteiger partial charge in [-0.2, -0.15) is 0 Å². The largest absolute Gasteiger partial charge is 0.489 e. The lowest BCUT2D eigenvalue weighted by atomic mass is 9.72. The summed E-state index contributed by atoms with van der Waals surface area (Å²) >= 11 is 0. The molecule has 0 fully saturated rings. The fourth-order valence-electron chi connectivity index (χ4n) is 4.38. The summed E-state index contributed by atoms with van der Waals surface area (Å²) in [6.45, 7) is 0.549. The molecule has 0 amide bonds. The van der Waals surface area contributed by atoms with E-state index in [9.17, 15) is 4.79 Å². The first-order valence-corrected chi connectivity index (χ1v) is 9.28. The van der Waals surface area contributed by atoms with Crippen LogP contribution in [0.4, 0.5) is 0 Å². The number of ether oxygens (including phenoxy) is 1. The van der Waals surface area contributed by atoms with Crippen LogP contribution < -0.4 is 4.74 Å². The Bertz CT molecular complexity index is 1000. The van der Waals surface area contributed by atoms with Gasteiger partial charge in [0.2, 0.25) is 0 Å². The lowest BCUT2D eigenvalue weighted by molar-refractivity contribution is -0.123. The first-order valence-electron chi connectivity index (χ1n) is 9.28. The van der Waals surface area contributed by atoms with Gasteiger partial charge >= 0.3 is 0 Å². The van der Waals surface area contributed by atoms with Gasteiger partial charge in [0.25, 0.3) is 0 Å². The predicted octanol–water partition coefficient (Wildman–Crippen LogP) is 4.92. The Hall–Kier alpha value is -2.81. The summed E-state index contributed by atoms with van der Waals surface area (Å²) in [5.74, 6) is 1.68. The quantitative estimate of drug-likeness (QED) is 0.686. The smallest absolute Gasteiger partial charge is 0.141 e. The molecule has 5 rings (SSSR count). The van der Waals surface area contributed by atoms with Gasteiger partial charge in [-0.25, -0.2) is 0 Å². The van der Waals surface area contributed by atoms with Crippen LogP contribution in [0.1, 0.15) is 35.6 Å². The maximum atomic E-state index is 12.6. The van der Waals surface area contributed by atoms with E-state index >= 15 is 0 Å². The fourth-order valence-corrected chi connectivity index (χ4v) is 4.38. The van der Waals surface area contributed by atoms with Crippen molar-refractivity contribution in [3.63, 3.8) is 0 Å². The van der Waals surface area contributed by atoms with Crippen molar-refractivity contribution in [2.24, 2.45) is 5.92 Å². The molecule has 3 aromatic rings. The molecule has 0 bridgehead atoms. The molecule has 1 heterocycles. The van der Waals surface area contributed by atoms with Gasteiger partial charge in [-0.05, 0) is 42.2 Å².